The van der Waals surface area contributed by atoms with Crippen LogP contribution in [0, 0.1) is 5.82 Å². The third-order valence-electron chi connectivity index (χ3n) is 5.79. The van der Waals surface area contributed by atoms with Crippen LogP contribution in [0.4, 0.5) is 10.1 Å². The summed E-state index contributed by atoms with van der Waals surface area (Å²) in [6.45, 7) is 0.319. The van der Waals surface area contributed by atoms with E-state index in [1.54, 1.807) is 41.3 Å². The summed E-state index contributed by atoms with van der Waals surface area (Å²) in [5.74, 6) is -0.566. The lowest BCUT2D eigenvalue weighted by Crippen LogP contribution is -2.41. The third-order valence-corrected chi connectivity index (χ3v) is 7.59. The van der Waals surface area contributed by atoms with Crippen LogP contribution >= 0.6 is 0 Å². The fourth-order valence-corrected chi connectivity index (χ4v) is 6.10. The van der Waals surface area contributed by atoms with E-state index in [0.29, 0.717) is 17.6 Å². The maximum atomic E-state index is 13.3. The number of benzene rings is 3. The summed E-state index contributed by atoms with van der Waals surface area (Å²) in [7, 11) is -3.77. The molecular formula is C22H19FN2O3S. The maximum Gasteiger partial charge on any atom is 0.265 e. The van der Waals surface area contributed by atoms with E-state index in [-0.39, 0.29) is 29.2 Å². The first-order valence-electron chi connectivity index (χ1n) is 9.56. The van der Waals surface area contributed by atoms with Crippen molar-refractivity contribution < 1.29 is 17.6 Å². The Morgan fingerprint density at radius 3 is 2.52 bits per heavy atom. The number of nitrogens with zero attached hydrogens (tertiary/aromatic N) is 2. The van der Waals surface area contributed by atoms with Crippen LogP contribution in [-0.2, 0) is 14.8 Å². The molecule has 0 radical (unpaired) electrons. The van der Waals surface area contributed by atoms with Gasteiger partial charge in [0.2, 0.25) is 5.91 Å². The zero-order valence-corrected chi connectivity index (χ0v) is 16.4. The summed E-state index contributed by atoms with van der Waals surface area (Å²) in [5, 5.41) is 1.50. The van der Waals surface area contributed by atoms with E-state index >= 15 is 0 Å². The second-order valence-corrected chi connectivity index (χ2v) is 9.27. The van der Waals surface area contributed by atoms with Crippen molar-refractivity contribution in [1.29, 1.82) is 0 Å². The van der Waals surface area contributed by atoms with Gasteiger partial charge < -0.3 is 4.90 Å². The van der Waals surface area contributed by atoms with Crippen molar-refractivity contribution in [2.45, 2.75) is 23.8 Å². The van der Waals surface area contributed by atoms with Crippen LogP contribution in [-0.4, -0.2) is 32.3 Å². The SMILES string of the molecule is O=C(CN1c2cccc3cccc(c23)S1(=O)=O)N1CCCC1c1ccc(F)cc1. The predicted molar refractivity (Wildman–Crippen MR) is 109 cm³/mol. The predicted octanol–water partition coefficient (Wildman–Crippen LogP) is 3.85. The van der Waals surface area contributed by atoms with Crippen molar-refractivity contribution in [3.63, 3.8) is 0 Å². The molecule has 0 aromatic heterocycles. The molecule has 29 heavy (non-hydrogen) atoms. The van der Waals surface area contributed by atoms with E-state index < -0.39 is 10.0 Å². The van der Waals surface area contributed by atoms with Gasteiger partial charge in [0.05, 0.1) is 16.6 Å². The summed E-state index contributed by atoms with van der Waals surface area (Å²) >= 11 is 0. The largest absolute Gasteiger partial charge is 0.334 e. The van der Waals surface area contributed by atoms with Crippen LogP contribution in [0.2, 0.25) is 0 Å². The number of carbonyl (C=O) groups is 1. The molecule has 0 spiro atoms. The second kappa shape index (κ2) is 6.56. The lowest BCUT2D eigenvalue weighted by Gasteiger charge is -2.28. The quantitative estimate of drug-likeness (QED) is 0.659. The molecule has 2 aliphatic rings. The van der Waals surface area contributed by atoms with Crippen molar-refractivity contribution in [3.05, 3.63) is 72.0 Å². The molecule has 1 atom stereocenters. The van der Waals surface area contributed by atoms with Gasteiger partial charge in [0.15, 0.2) is 0 Å². The van der Waals surface area contributed by atoms with E-state index in [4.69, 9.17) is 0 Å². The van der Waals surface area contributed by atoms with Crippen LogP contribution in [0.1, 0.15) is 24.4 Å². The monoisotopic (exact) mass is 410 g/mol. The highest BCUT2D eigenvalue weighted by Gasteiger charge is 2.39. The van der Waals surface area contributed by atoms with Gasteiger partial charge in [-0.3, -0.25) is 9.10 Å². The second-order valence-electron chi connectivity index (χ2n) is 7.44. The van der Waals surface area contributed by atoms with Gasteiger partial charge in [-0.15, -0.1) is 0 Å². The Kier molecular flexibility index (Phi) is 4.10. The Labute approximate surface area is 168 Å². The number of anilines is 1. The highest BCUT2D eigenvalue weighted by molar-refractivity contribution is 7.93. The Morgan fingerprint density at radius 2 is 1.76 bits per heavy atom. The smallest absolute Gasteiger partial charge is 0.265 e. The van der Waals surface area contributed by atoms with Crippen molar-refractivity contribution in [3.8, 4) is 0 Å². The number of likely N-dealkylation sites (tertiary alicyclic amines) is 1. The molecule has 0 aliphatic carbocycles. The lowest BCUT2D eigenvalue weighted by molar-refractivity contribution is -0.130. The molecule has 1 fully saturated rings. The molecule has 0 saturated carbocycles. The van der Waals surface area contributed by atoms with Gasteiger partial charge in [0.1, 0.15) is 12.4 Å². The molecule has 1 unspecified atom stereocenters. The average molecular weight is 410 g/mol. The van der Waals surface area contributed by atoms with Gasteiger partial charge in [0.25, 0.3) is 10.0 Å². The molecule has 1 amide bonds. The van der Waals surface area contributed by atoms with E-state index in [9.17, 15) is 17.6 Å². The molecule has 148 valence electrons. The Bertz CT molecular complexity index is 1220. The summed E-state index contributed by atoms with van der Waals surface area (Å²) in [6.07, 6.45) is 1.61. The molecular weight excluding hydrogens is 391 g/mol. The van der Waals surface area contributed by atoms with E-state index in [2.05, 4.69) is 0 Å². The molecule has 1 saturated heterocycles. The maximum absolute atomic E-state index is 13.3. The number of carbonyl (C=O) groups excluding carboxylic acids is 1. The van der Waals surface area contributed by atoms with Crippen molar-refractivity contribution in [2.24, 2.45) is 0 Å². The van der Waals surface area contributed by atoms with Crippen molar-refractivity contribution in [1.82, 2.24) is 4.90 Å². The first-order chi connectivity index (χ1) is 14.0. The van der Waals surface area contributed by atoms with Gasteiger partial charge in [-0.1, -0.05) is 36.4 Å². The summed E-state index contributed by atoms with van der Waals surface area (Å²) in [6, 6.07) is 16.6. The highest BCUT2D eigenvalue weighted by atomic mass is 32.2. The summed E-state index contributed by atoms with van der Waals surface area (Å²) < 4.78 is 40.7. The topological polar surface area (TPSA) is 57.7 Å². The van der Waals surface area contributed by atoms with E-state index in [1.807, 2.05) is 12.1 Å². The van der Waals surface area contributed by atoms with Gasteiger partial charge in [-0.25, -0.2) is 12.8 Å². The zero-order chi connectivity index (χ0) is 20.2. The minimum atomic E-state index is -3.77. The fourth-order valence-electron chi connectivity index (χ4n) is 4.44. The molecule has 5 nitrogen and oxygen atoms in total. The van der Waals surface area contributed by atoms with Gasteiger partial charge in [-0.2, -0.15) is 0 Å². The van der Waals surface area contributed by atoms with Crippen molar-refractivity contribution >= 4 is 32.4 Å². The molecule has 3 aromatic rings. The van der Waals surface area contributed by atoms with Crippen LogP contribution in [0.3, 0.4) is 0 Å². The zero-order valence-electron chi connectivity index (χ0n) is 15.6. The standard InChI is InChI=1S/C22H19FN2O3S/c23-17-11-9-15(10-12-17)18-7-3-13-24(18)21(26)14-25-19-6-1-4-16-5-2-8-20(22(16)19)29(25,27)28/h1-2,4-6,8-12,18H,3,7,13-14H2. The normalized spacial score (nSPS) is 19.8. The van der Waals surface area contributed by atoms with Gasteiger partial charge in [-0.05, 0) is 48.1 Å². The fraction of sp³-hybridized carbons (Fsp3) is 0.227. The molecule has 0 bridgehead atoms. The Morgan fingerprint density at radius 1 is 1.03 bits per heavy atom. The van der Waals surface area contributed by atoms with E-state index in [0.717, 1.165) is 23.8 Å². The first-order valence-corrected chi connectivity index (χ1v) is 11.0. The Hall–Kier alpha value is -2.93. The van der Waals surface area contributed by atoms with E-state index in [1.165, 1.54) is 16.4 Å². The van der Waals surface area contributed by atoms with Crippen LogP contribution in [0.15, 0.2) is 65.6 Å². The molecule has 0 N–H and O–H groups in total. The first kappa shape index (κ1) is 18.1. The molecule has 2 aliphatic heterocycles. The number of hydrogen-bond donors (Lipinski definition) is 0. The average Bonchev–Trinajstić information content (AvgIpc) is 3.28. The summed E-state index contributed by atoms with van der Waals surface area (Å²) in [5.41, 5.74) is 1.41. The number of rotatable bonds is 3. The lowest BCUT2D eigenvalue weighted by atomic mass is 10.0. The van der Waals surface area contributed by atoms with Crippen LogP contribution in [0.5, 0.6) is 0 Å². The molecule has 7 heteroatoms. The van der Waals surface area contributed by atoms with Gasteiger partial charge >= 0.3 is 0 Å². The van der Waals surface area contributed by atoms with Crippen LogP contribution < -0.4 is 4.31 Å². The molecule has 3 aromatic carbocycles. The Balaban J connectivity index is 1.47. The van der Waals surface area contributed by atoms with Crippen LogP contribution in [0.25, 0.3) is 10.8 Å². The minimum absolute atomic E-state index is 0.161. The highest BCUT2D eigenvalue weighted by Crippen LogP contribution is 2.42. The number of hydrogen-bond acceptors (Lipinski definition) is 3. The minimum Gasteiger partial charge on any atom is -0.334 e. The number of amides is 1. The number of sulfonamides is 1. The van der Waals surface area contributed by atoms with Crippen molar-refractivity contribution in [2.75, 3.05) is 17.4 Å². The third kappa shape index (κ3) is 2.80. The van der Waals surface area contributed by atoms with Gasteiger partial charge in [0, 0.05) is 11.9 Å². The molecule has 5 rings (SSSR count). The molecule has 2 heterocycles. The number of halogens is 1. The summed E-state index contributed by atoms with van der Waals surface area (Å²) in [4.78, 5) is 15.1.